The van der Waals surface area contributed by atoms with E-state index in [1.807, 2.05) is 0 Å². The number of alkyl halides is 6. The third-order valence-corrected chi connectivity index (χ3v) is 2.21. The summed E-state index contributed by atoms with van der Waals surface area (Å²) in [6.45, 7) is -0.198. The lowest BCUT2D eigenvalue weighted by Gasteiger charge is -2.23. The van der Waals surface area contributed by atoms with Gasteiger partial charge in [-0.15, -0.1) is 0 Å². The molecule has 0 aromatic rings. The molecule has 1 aliphatic rings. The van der Waals surface area contributed by atoms with Crippen molar-refractivity contribution >= 4 is 0 Å². The standard InChI is InChI=1S/C9H13F6NO/c10-8(11,12)7(9(13,14)15)17-5-1-4-16-6-2-3-6/h6-7,16H,1-5H2. The highest BCUT2D eigenvalue weighted by atomic mass is 19.4. The molecule has 0 unspecified atom stereocenters. The van der Waals surface area contributed by atoms with E-state index in [1.54, 1.807) is 0 Å². The quantitative estimate of drug-likeness (QED) is 0.589. The summed E-state index contributed by atoms with van der Waals surface area (Å²) in [4.78, 5) is 0. The van der Waals surface area contributed by atoms with Gasteiger partial charge in [0.25, 0.3) is 0 Å². The Bertz CT molecular complexity index is 221. The van der Waals surface area contributed by atoms with Gasteiger partial charge in [-0.2, -0.15) is 26.3 Å². The number of rotatable bonds is 6. The number of nitrogens with one attached hydrogen (secondary N) is 1. The molecule has 0 heterocycles. The Labute approximate surface area is 94.3 Å². The average Bonchev–Trinajstić information content (AvgIpc) is 2.89. The summed E-state index contributed by atoms with van der Waals surface area (Å²) < 4.78 is 75.9. The van der Waals surface area contributed by atoms with Gasteiger partial charge in [0.2, 0.25) is 6.10 Å². The molecular weight excluding hydrogens is 252 g/mol. The minimum Gasteiger partial charge on any atom is -0.361 e. The molecule has 1 rings (SSSR count). The first-order valence-electron chi connectivity index (χ1n) is 5.19. The molecule has 2 nitrogen and oxygen atoms in total. The molecule has 102 valence electrons. The monoisotopic (exact) mass is 265 g/mol. The molecule has 0 bridgehead atoms. The highest BCUT2D eigenvalue weighted by Gasteiger charge is 2.57. The molecule has 0 radical (unpaired) electrons. The lowest BCUT2D eigenvalue weighted by atomic mass is 10.3. The second kappa shape index (κ2) is 5.43. The van der Waals surface area contributed by atoms with Crippen molar-refractivity contribution < 1.29 is 31.1 Å². The van der Waals surface area contributed by atoms with Crippen molar-refractivity contribution in [3.63, 3.8) is 0 Å². The summed E-state index contributed by atoms with van der Waals surface area (Å²) in [7, 11) is 0. The van der Waals surface area contributed by atoms with E-state index in [0.717, 1.165) is 12.8 Å². The molecule has 0 spiro atoms. The van der Waals surface area contributed by atoms with E-state index in [0.29, 0.717) is 12.6 Å². The molecule has 1 N–H and O–H groups in total. The van der Waals surface area contributed by atoms with Crippen LogP contribution in [0.2, 0.25) is 0 Å². The molecule has 8 heteroatoms. The molecule has 0 amide bonds. The lowest BCUT2D eigenvalue weighted by molar-refractivity contribution is -0.321. The third kappa shape index (κ3) is 5.58. The van der Waals surface area contributed by atoms with Crippen molar-refractivity contribution in [1.29, 1.82) is 0 Å². The van der Waals surface area contributed by atoms with Crippen LogP contribution in [0.1, 0.15) is 19.3 Å². The summed E-state index contributed by atoms with van der Waals surface area (Å²) in [6, 6.07) is 0.371. The zero-order valence-electron chi connectivity index (χ0n) is 8.87. The van der Waals surface area contributed by atoms with Crippen LogP contribution in [-0.2, 0) is 4.74 Å². The van der Waals surface area contributed by atoms with E-state index in [-0.39, 0.29) is 6.42 Å². The molecule has 0 atom stereocenters. The van der Waals surface area contributed by atoms with Crippen LogP contribution < -0.4 is 5.32 Å². The van der Waals surface area contributed by atoms with Crippen LogP contribution in [0, 0.1) is 0 Å². The highest BCUT2D eigenvalue weighted by Crippen LogP contribution is 2.35. The minimum atomic E-state index is -5.41. The van der Waals surface area contributed by atoms with Crippen LogP contribution in [-0.4, -0.2) is 37.7 Å². The number of ether oxygens (including phenoxy) is 1. The first-order chi connectivity index (χ1) is 7.71. The maximum absolute atomic E-state index is 12.0. The van der Waals surface area contributed by atoms with Gasteiger partial charge in [-0.3, -0.25) is 0 Å². The fraction of sp³-hybridized carbons (Fsp3) is 1.00. The zero-order chi connectivity index (χ0) is 13.1. The third-order valence-electron chi connectivity index (χ3n) is 2.21. The average molecular weight is 265 g/mol. The van der Waals surface area contributed by atoms with E-state index in [9.17, 15) is 26.3 Å². The number of halogens is 6. The van der Waals surface area contributed by atoms with Crippen molar-refractivity contribution in [2.45, 2.75) is 43.8 Å². The maximum Gasteiger partial charge on any atom is 0.423 e. The van der Waals surface area contributed by atoms with Crippen LogP contribution in [0.3, 0.4) is 0 Å². The van der Waals surface area contributed by atoms with Gasteiger partial charge in [-0.25, -0.2) is 0 Å². The van der Waals surface area contributed by atoms with Gasteiger partial charge in [0, 0.05) is 12.6 Å². The predicted octanol–water partition coefficient (Wildman–Crippen LogP) is 2.64. The Hall–Kier alpha value is -0.500. The molecular formula is C9H13F6NO. The van der Waals surface area contributed by atoms with Gasteiger partial charge < -0.3 is 10.1 Å². The van der Waals surface area contributed by atoms with Crippen LogP contribution in [0.4, 0.5) is 26.3 Å². The van der Waals surface area contributed by atoms with Crippen molar-refractivity contribution in [3.8, 4) is 0 Å². The zero-order valence-corrected chi connectivity index (χ0v) is 8.87. The van der Waals surface area contributed by atoms with E-state index >= 15 is 0 Å². The molecule has 0 aromatic heterocycles. The van der Waals surface area contributed by atoms with Gasteiger partial charge in [0.15, 0.2) is 0 Å². The summed E-state index contributed by atoms with van der Waals surface area (Å²) in [5.74, 6) is 0. The molecule has 1 aliphatic carbocycles. The van der Waals surface area contributed by atoms with Crippen molar-refractivity contribution in [3.05, 3.63) is 0 Å². The minimum absolute atomic E-state index is 0.124. The summed E-state index contributed by atoms with van der Waals surface area (Å²) in [5.41, 5.74) is 0. The number of hydrogen-bond acceptors (Lipinski definition) is 2. The summed E-state index contributed by atoms with van der Waals surface area (Å²) in [5, 5.41) is 2.97. The Balaban J connectivity index is 2.23. The van der Waals surface area contributed by atoms with Crippen molar-refractivity contribution in [2.24, 2.45) is 0 Å². The smallest absolute Gasteiger partial charge is 0.361 e. The second-order valence-electron chi connectivity index (χ2n) is 3.92. The molecule has 1 fully saturated rings. The van der Waals surface area contributed by atoms with Crippen LogP contribution >= 0.6 is 0 Å². The molecule has 17 heavy (non-hydrogen) atoms. The molecule has 0 aromatic carbocycles. The highest BCUT2D eigenvalue weighted by molar-refractivity contribution is 4.80. The lowest BCUT2D eigenvalue weighted by Crippen LogP contribution is -2.44. The topological polar surface area (TPSA) is 21.3 Å². The Kier molecular flexibility index (Phi) is 4.65. The van der Waals surface area contributed by atoms with Crippen LogP contribution in [0.25, 0.3) is 0 Å². The van der Waals surface area contributed by atoms with Crippen molar-refractivity contribution in [2.75, 3.05) is 13.2 Å². The van der Waals surface area contributed by atoms with E-state index in [4.69, 9.17) is 0 Å². The van der Waals surface area contributed by atoms with Crippen LogP contribution in [0.15, 0.2) is 0 Å². The van der Waals surface area contributed by atoms with E-state index in [1.165, 1.54) is 0 Å². The van der Waals surface area contributed by atoms with Gasteiger partial charge >= 0.3 is 12.4 Å². The molecule has 0 saturated heterocycles. The van der Waals surface area contributed by atoms with Crippen molar-refractivity contribution in [1.82, 2.24) is 5.32 Å². The first kappa shape index (κ1) is 14.6. The van der Waals surface area contributed by atoms with Gasteiger partial charge in [0.1, 0.15) is 0 Å². The Morgan fingerprint density at radius 3 is 2.00 bits per heavy atom. The van der Waals surface area contributed by atoms with E-state index < -0.39 is 25.1 Å². The van der Waals surface area contributed by atoms with Gasteiger partial charge in [-0.05, 0) is 25.8 Å². The van der Waals surface area contributed by atoms with Gasteiger partial charge in [0.05, 0.1) is 0 Å². The molecule has 1 saturated carbocycles. The first-order valence-corrected chi connectivity index (χ1v) is 5.19. The SMILES string of the molecule is FC(F)(F)C(OCCCNC1CC1)C(F)(F)F. The predicted molar refractivity (Wildman–Crippen MR) is 47.5 cm³/mol. The largest absolute Gasteiger partial charge is 0.423 e. The summed E-state index contributed by atoms with van der Waals surface area (Å²) in [6.07, 6.45) is -12.4. The van der Waals surface area contributed by atoms with Gasteiger partial charge in [-0.1, -0.05) is 0 Å². The number of hydrogen-bond donors (Lipinski definition) is 1. The normalized spacial score (nSPS) is 17.8. The Morgan fingerprint density at radius 1 is 1.06 bits per heavy atom. The fourth-order valence-corrected chi connectivity index (χ4v) is 1.24. The van der Waals surface area contributed by atoms with E-state index in [2.05, 4.69) is 10.1 Å². The maximum atomic E-state index is 12.0. The summed E-state index contributed by atoms with van der Waals surface area (Å²) >= 11 is 0. The Morgan fingerprint density at radius 2 is 1.59 bits per heavy atom. The van der Waals surface area contributed by atoms with Crippen LogP contribution in [0.5, 0.6) is 0 Å². The molecule has 0 aliphatic heterocycles. The second-order valence-corrected chi connectivity index (χ2v) is 3.92. The fourth-order valence-electron chi connectivity index (χ4n) is 1.24.